The molecule has 0 radical (unpaired) electrons. The average Bonchev–Trinajstić information content (AvgIpc) is 2.51. The number of carbonyl (C=O) groups is 2. The summed E-state index contributed by atoms with van der Waals surface area (Å²) in [6, 6.07) is -0.145. The average molecular weight is 317 g/mol. The summed E-state index contributed by atoms with van der Waals surface area (Å²) in [5, 5.41) is 2.59. The molecule has 0 bridgehead atoms. The lowest BCUT2D eigenvalue weighted by atomic mass is 9.98. The maximum atomic E-state index is 12.1. The Morgan fingerprint density at radius 2 is 2.05 bits per heavy atom. The van der Waals surface area contributed by atoms with Crippen molar-refractivity contribution < 1.29 is 18.0 Å². The highest BCUT2D eigenvalue weighted by Gasteiger charge is 2.32. The highest BCUT2D eigenvalue weighted by Crippen LogP contribution is 2.21. The first-order valence-corrected chi connectivity index (χ1v) is 9.13. The van der Waals surface area contributed by atoms with E-state index in [1.165, 1.54) is 10.6 Å². The lowest BCUT2D eigenvalue weighted by Gasteiger charge is -2.36. The third kappa shape index (κ3) is 4.16. The number of piperidine rings is 1. The van der Waals surface area contributed by atoms with Crippen LogP contribution in [0.15, 0.2) is 0 Å². The van der Waals surface area contributed by atoms with Gasteiger partial charge in [-0.3, -0.25) is 9.59 Å². The van der Waals surface area contributed by atoms with Gasteiger partial charge in [0.25, 0.3) is 0 Å². The van der Waals surface area contributed by atoms with Gasteiger partial charge < -0.3 is 10.2 Å². The third-order valence-corrected chi connectivity index (χ3v) is 5.45. The first-order chi connectivity index (χ1) is 9.77. The van der Waals surface area contributed by atoms with Crippen molar-refractivity contribution in [1.82, 2.24) is 14.5 Å². The molecule has 7 nitrogen and oxygen atoms in total. The Morgan fingerprint density at radius 3 is 2.71 bits per heavy atom. The Labute approximate surface area is 125 Å². The maximum absolute atomic E-state index is 12.1. The molecule has 2 rings (SSSR count). The third-order valence-electron chi connectivity index (χ3n) is 4.18. The minimum Gasteiger partial charge on any atom is -0.347 e. The second-order valence-electron chi connectivity index (χ2n) is 6.01. The number of carbonyl (C=O) groups excluding carboxylic acids is 2. The van der Waals surface area contributed by atoms with Gasteiger partial charge in [0.15, 0.2) is 0 Å². The standard InChI is InChI=1S/C13H23N3O4S/c1-10-6-12(17)14-7-13(18)16(10)9-11-4-3-5-15(8-11)21(2,19)20/h10-11H,3-9H2,1-2H3,(H,14,17). The lowest BCUT2D eigenvalue weighted by Crippen LogP contribution is -2.47. The first-order valence-electron chi connectivity index (χ1n) is 7.28. The van der Waals surface area contributed by atoms with Crippen molar-refractivity contribution >= 4 is 21.8 Å². The molecule has 2 heterocycles. The Balaban J connectivity index is 2.02. The van der Waals surface area contributed by atoms with Gasteiger partial charge >= 0.3 is 0 Å². The van der Waals surface area contributed by atoms with Crippen LogP contribution in [0.2, 0.25) is 0 Å². The van der Waals surface area contributed by atoms with Gasteiger partial charge in [0.2, 0.25) is 21.8 Å². The van der Waals surface area contributed by atoms with Crippen LogP contribution in [0.25, 0.3) is 0 Å². The quantitative estimate of drug-likeness (QED) is 0.753. The fourth-order valence-electron chi connectivity index (χ4n) is 3.01. The predicted octanol–water partition coefficient (Wildman–Crippen LogP) is -0.605. The van der Waals surface area contributed by atoms with Gasteiger partial charge in [-0.15, -0.1) is 0 Å². The van der Waals surface area contributed by atoms with Crippen LogP contribution in [0.1, 0.15) is 26.2 Å². The summed E-state index contributed by atoms with van der Waals surface area (Å²) < 4.78 is 24.8. The van der Waals surface area contributed by atoms with E-state index >= 15 is 0 Å². The SMILES string of the molecule is CC1CC(=O)NCC(=O)N1CC1CCCN(S(C)(=O)=O)C1. The fraction of sp³-hybridized carbons (Fsp3) is 0.846. The molecular weight excluding hydrogens is 294 g/mol. The van der Waals surface area contributed by atoms with Gasteiger partial charge in [-0.05, 0) is 25.7 Å². The lowest BCUT2D eigenvalue weighted by molar-refractivity contribution is -0.132. The zero-order valence-corrected chi connectivity index (χ0v) is 13.4. The molecule has 0 saturated carbocycles. The molecule has 21 heavy (non-hydrogen) atoms. The van der Waals surface area contributed by atoms with Crippen LogP contribution in [-0.4, -0.2) is 67.9 Å². The normalized spacial score (nSPS) is 29.1. The van der Waals surface area contributed by atoms with Crippen molar-refractivity contribution in [3.05, 3.63) is 0 Å². The predicted molar refractivity (Wildman–Crippen MR) is 77.9 cm³/mol. The molecule has 2 atom stereocenters. The van der Waals surface area contributed by atoms with Crippen LogP contribution in [0, 0.1) is 5.92 Å². The minimum atomic E-state index is -3.18. The van der Waals surface area contributed by atoms with E-state index in [1.807, 2.05) is 6.92 Å². The highest BCUT2D eigenvalue weighted by atomic mass is 32.2. The van der Waals surface area contributed by atoms with Crippen molar-refractivity contribution in [3.8, 4) is 0 Å². The zero-order chi connectivity index (χ0) is 15.6. The Hall–Kier alpha value is -1.15. The molecule has 0 aromatic heterocycles. The van der Waals surface area contributed by atoms with Crippen LogP contribution in [0.4, 0.5) is 0 Å². The van der Waals surface area contributed by atoms with Crippen molar-refractivity contribution in [2.24, 2.45) is 5.92 Å². The molecule has 1 N–H and O–H groups in total. The molecule has 0 aromatic carbocycles. The van der Waals surface area contributed by atoms with E-state index in [1.54, 1.807) is 4.90 Å². The van der Waals surface area contributed by atoms with Gasteiger partial charge in [-0.25, -0.2) is 12.7 Å². The molecular formula is C13H23N3O4S. The molecule has 2 fully saturated rings. The molecule has 2 aliphatic rings. The summed E-state index contributed by atoms with van der Waals surface area (Å²) in [4.78, 5) is 25.3. The van der Waals surface area contributed by atoms with Crippen molar-refractivity contribution in [3.63, 3.8) is 0 Å². The highest BCUT2D eigenvalue weighted by molar-refractivity contribution is 7.88. The summed E-state index contributed by atoms with van der Waals surface area (Å²) in [5.74, 6) is -0.0716. The number of amides is 2. The topological polar surface area (TPSA) is 86.8 Å². The Morgan fingerprint density at radius 1 is 1.33 bits per heavy atom. The molecule has 8 heteroatoms. The van der Waals surface area contributed by atoms with Crippen LogP contribution in [-0.2, 0) is 19.6 Å². The number of hydrogen-bond donors (Lipinski definition) is 1. The maximum Gasteiger partial charge on any atom is 0.242 e. The monoisotopic (exact) mass is 317 g/mol. The van der Waals surface area contributed by atoms with E-state index in [0.29, 0.717) is 26.1 Å². The Kier molecular flexibility index (Phi) is 4.88. The molecule has 120 valence electrons. The number of sulfonamides is 1. The van der Waals surface area contributed by atoms with Crippen LogP contribution in [0.3, 0.4) is 0 Å². The van der Waals surface area contributed by atoms with E-state index in [2.05, 4.69) is 5.32 Å². The van der Waals surface area contributed by atoms with E-state index < -0.39 is 10.0 Å². The van der Waals surface area contributed by atoms with E-state index in [9.17, 15) is 18.0 Å². The molecule has 0 aliphatic carbocycles. The molecule has 2 saturated heterocycles. The number of hydrogen-bond acceptors (Lipinski definition) is 4. The van der Waals surface area contributed by atoms with Crippen molar-refractivity contribution in [1.29, 1.82) is 0 Å². The summed E-state index contributed by atoms with van der Waals surface area (Å²) in [7, 11) is -3.18. The minimum absolute atomic E-state index is 0.0334. The van der Waals surface area contributed by atoms with Gasteiger partial charge in [0.05, 0.1) is 12.8 Å². The first kappa shape index (κ1) is 16.2. The second kappa shape index (κ2) is 6.31. The van der Waals surface area contributed by atoms with Crippen LogP contribution >= 0.6 is 0 Å². The number of nitrogens with zero attached hydrogens (tertiary/aromatic N) is 2. The van der Waals surface area contributed by atoms with Gasteiger partial charge in [-0.1, -0.05) is 0 Å². The Bertz CT molecular complexity index is 520. The summed E-state index contributed by atoms with van der Waals surface area (Å²) in [6.45, 7) is 3.42. The molecule has 2 unspecified atom stereocenters. The molecule has 2 aliphatic heterocycles. The van der Waals surface area contributed by atoms with Gasteiger partial charge in [0, 0.05) is 32.1 Å². The van der Waals surface area contributed by atoms with Crippen molar-refractivity contribution in [2.45, 2.75) is 32.2 Å². The second-order valence-corrected chi connectivity index (χ2v) is 7.99. The number of rotatable bonds is 3. The van der Waals surface area contributed by atoms with Gasteiger partial charge in [-0.2, -0.15) is 0 Å². The summed E-state index contributed by atoms with van der Waals surface area (Å²) >= 11 is 0. The molecule has 0 aromatic rings. The summed E-state index contributed by atoms with van der Waals surface area (Å²) in [5.41, 5.74) is 0. The molecule has 0 spiro atoms. The smallest absolute Gasteiger partial charge is 0.242 e. The van der Waals surface area contributed by atoms with Gasteiger partial charge in [0.1, 0.15) is 0 Å². The molecule has 2 amide bonds. The van der Waals surface area contributed by atoms with Crippen LogP contribution in [0.5, 0.6) is 0 Å². The summed E-state index contributed by atoms with van der Waals surface area (Å²) in [6.07, 6.45) is 3.24. The van der Waals surface area contributed by atoms with E-state index in [-0.39, 0.29) is 30.3 Å². The van der Waals surface area contributed by atoms with E-state index in [4.69, 9.17) is 0 Å². The fourth-order valence-corrected chi connectivity index (χ4v) is 3.95. The van der Waals surface area contributed by atoms with Crippen molar-refractivity contribution in [2.75, 3.05) is 32.4 Å². The largest absolute Gasteiger partial charge is 0.347 e. The van der Waals surface area contributed by atoms with Crippen LogP contribution < -0.4 is 5.32 Å². The number of nitrogens with one attached hydrogen (secondary N) is 1. The van der Waals surface area contributed by atoms with E-state index in [0.717, 1.165) is 12.8 Å². The zero-order valence-electron chi connectivity index (χ0n) is 12.5.